The van der Waals surface area contributed by atoms with Crippen molar-refractivity contribution in [2.45, 2.75) is 0 Å². The summed E-state index contributed by atoms with van der Waals surface area (Å²) in [5.74, 6) is -7.32. The molecule has 0 heterocycles. The first-order chi connectivity index (χ1) is 12.9. The molecular formula is C18H11F4O3PTe. The van der Waals surface area contributed by atoms with E-state index in [4.69, 9.17) is 13.6 Å². The zero-order chi connectivity index (χ0) is 19.4. The topological polar surface area (TPSA) is 27.7 Å². The third-order valence-electron chi connectivity index (χ3n) is 3.20. The summed E-state index contributed by atoms with van der Waals surface area (Å²) in [7, 11) is 0. The van der Waals surface area contributed by atoms with Gasteiger partial charge in [0, 0.05) is 0 Å². The van der Waals surface area contributed by atoms with Crippen molar-refractivity contribution >= 4 is 26.4 Å². The van der Waals surface area contributed by atoms with Gasteiger partial charge in [-0.3, -0.25) is 0 Å². The minimum atomic E-state index is -3.40. The second-order valence-corrected chi connectivity index (χ2v) is 10.4. The van der Waals surface area contributed by atoms with Gasteiger partial charge in [-0.1, -0.05) is 0 Å². The summed E-state index contributed by atoms with van der Waals surface area (Å²) < 4.78 is 71.2. The van der Waals surface area contributed by atoms with Crippen LogP contribution in [0.3, 0.4) is 0 Å². The first-order valence-corrected chi connectivity index (χ1v) is 12.1. The van der Waals surface area contributed by atoms with Crippen LogP contribution in [0.1, 0.15) is 0 Å². The minimum absolute atomic E-state index is 0.343. The van der Waals surface area contributed by atoms with Crippen LogP contribution in [-0.2, 0) is 0 Å². The van der Waals surface area contributed by atoms with Crippen LogP contribution >= 0.6 is 5.17 Å². The van der Waals surface area contributed by atoms with E-state index in [0.717, 1.165) is 0 Å². The van der Waals surface area contributed by atoms with Crippen molar-refractivity contribution in [2.75, 3.05) is 0 Å². The van der Waals surface area contributed by atoms with E-state index in [2.05, 4.69) is 0 Å². The van der Waals surface area contributed by atoms with E-state index in [9.17, 15) is 17.6 Å². The van der Waals surface area contributed by atoms with E-state index in [1.54, 1.807) is 60.7 Å². The molecule has 0 bridgehead atoms. The molecule has 0 aliphatic rings. The van der Waals surface area contributed by atoms with Gasteiger partial charge < -0.3 is 0 Å². The molecule has 0 N–H and O–H groups in total. The van der Waals surface area contributed by atoms with Gasteiger partial charge in [-0.25, -0.2) is 0 Å². The summed E-state index contributed by atoms with van der Waals surface area (Å²) in [5.41, 5.74) is 0. The van der Waals surface area contributed by atoms with Crippen molar-refractivity contribution < 1.29 is 31.1 Å². The molecule has 0 fully saturated rings. The molecule has 0 saturated heterocycles. The van der Waals surface area contributed by atoms with Crippen molar-refractivity contribution in [1.29, 1.82) is 0 Å². The van der Waals surface area contributed by atoms with Gasteiger partial charge in [0.1, 0.15) is 0 Å². The molecular weight excluding hydrogens is 499 g/mol. The van der Waals surface area contributed by atoms with Crippen molar-refractivity contribution in [3.8, 4) is 17.2 Å². The molecule has 0 amide bonds. The Bertz CT molecular complexity index is 941. The van der Waals surface area contributed by atoms with Crippen LogP contribution in [0.15, 0.2) is 66.7 Å². The standard InChI is InChI=1S/C18H11F4O3PTe/c19-14-11-15(17(21)18(22)16(14)20)25-26(27,23-12-7-3-1-4-8-12)24-13-9-5-2-6-10-13/h1-11H. The average Bonchev–Trinajstić information content (AvgIpc) is 2.66. The first kappa shape index (κ1) is 19.8. The molecule has 0 aromatic heterocycles. The molecule has 3 aromatic carbocycles. The Morgan fingerprint density at radius 3 is 1.59 bits per heavy atom. The monoisotopic (exact) mass is 512 g/mol. The number of benzene rings is 3. The summed E-state index contributed by atoms with van der Waals surface area (Å²) >= 11 is 1.30. The Morgan fingerprint density at radius 1 is 0.630 bits per heavy atom. The Morgan fingerprint density at radius 2 is 1.11 bits per heavy atom. The Kier molecular flexibility index (Phi) is 6.11. The summed E-state index contributed by atoms with van der Waals surface area (Å²) in [6.07, 6.45) is 0. The van der Waals surface area contributed by atoms with Crippen LogP contribution < -0.4 is 13.6 Å². The third-order valence-corrected chi connectivity index (χ3v) is 6.40. The van der Waals surface area contributed by atoms with Crippen molar-refractivity contribution in [1.82, 2.24) is 0 Å². The van der Waals surface area contributed by atoms with Crippen molar-refractivity contribution in [2.24, 2.45) is 0 Å². The fourth-order valence-corrected chi connectivity index (χ4v) is 5.42. The fourth-order valence-electron chi connectivity index (χ4n) is 2.01. The molecule has 0 saturated carbocycles. The maximum atomic E-state index is 14.1. The Hall–Kier alpha value is -2.00. The molecule has 27 heavy (non-hydrogen) atoms. The zero-order valence-electron chi connectivity index (χ0n) is 13.4. The number of rotatable bonds is 6. The van der Waals surface area contributed by atoms with Crippen LogP contribution in [0.5, 0.6) is 17.2 Å². The Labute approximate surface area is 164 Å². The van der Waals surface area contributed by atoms with Gasteiger partial charge in [-0.05, 0) is 0 Å². The molecule has 9 heteroatoms. The molecule has 3 nitrogen and oxygen atoms in total. The van der Waals surface area contributed by atoms with Crippen LogP contribution in [0.4, 0.5) is 17.6 Å². The molecule has 3 rings (SSSR count). The van der Waals surface area contributed by atoms with Gasteiger partial charge in [0.2, 0.25) is 0 Å². The maximum absolute atomic E-state index is 14.1. The Balaban J connectivity index is 1.98. The van der Waals surface area contributed by atoms with Gasteiger partial charge in [0.05, 0.1) is 0 Å². The van der Waals surface area contributed by atoms with E-state index in [-0.39, 0.29) is 0 Å². The second kappa shape index (κ2) is 8.35. The van der Waals surface area contributed by atoms with Crippen LogP contribution in [0.25, 0.3) is 0 Å². The van der Waals surface area contributed by atoms with Crippen molar-refractivity contribution in [3.05, 3.63) is 90.0 Å². The van der Waals surface area contributed by atoms with E-state index in [0.29, 0.717) is 17.6 Å². The summed E-state index contributed by atoms with van der Waals surface area (Å²) in [4.78, 5) is 0. The molecule has 3 aromatic rings. The van der Waals surface area contributed by atoms with E-state index >= 15 is 0 Å². The third kappa shape index (κ3) is 4.84. The molecule has 0 radical (unpaired) electrons. The predicted octanol–water partition coefficient (Wildman–Crippen LogP) is 5.63. The van der Waals surface area contributed by atoms with Gasteiger partial charge in [0.25, 0.3) is 0 Å². The fraction of sp³-hybridized carbons (Fsp3) is 0. The SMILES string of the molecule is Fc1cc(OP(=[Te])(Oc2ccccc2)Oc2ccccc2)c(F)c(F)c1F. The molecule has 0 aliphatic heterocycles. The van der Waals surface area contributed by atoms with Gasteiger partial charge in [-0.2, -0.15) is 0 Å². The first-order valence-electron chi connectivity index (χ1n) is 7.50. The van der Waals surface area contributed by atoms with Crippen molar-refractivity contribution in [3.63, 3.8) is 0 Å². The summed E-state index contributed by atoms with van der Waals surface area (Å²) in [6, 6.07) is 17.2. The van der Waals surface area contributed by atoms with E-state index in [1.807, 2.05) is 0 Å². The van der Waals surface area contributed by atoms with Gasteiger partial charge in [0.15, 0.2) is 0 Å². The second-order valence-electron chi connectivity index (χ2n) is 5.15. The molecule has 0 spiro atoms. The number of halogens is 4. The van der Waals surface area contributed by atoms with Gasteiger partial charge in [-0.15, -0.1) is 0 Å². The van der Waals surface area contributed by atoms with Crippen LogP contribution in [0, 0.1) is 23.3 Å². The molecule has 0 unspecified atom stereocenters. The van der Waals surface area contributed by atoms with Crippen LogP contribution in [-0.4, -0.2) is 21.2 Å². The molecule has 140 valence electrons. The molecule has 0 aliphatic carbocycles. The zero-order valence-corrected chi connectivity index (χ0v) is 16.7. The van der Waals surface area contributed by atoms with E-state index < -0.39 is 34.2 Å². The number of hydrogen-bond acceptors (Lipinski definition) is 3. The summed E-state index contributed by atoms with van der Waals surface area (Å²) in [5, 5.41) is -3.40. The predicted molar refractivity (Wildman–Crippen MR) is 93.7 cm³/mol. The normalized spacial score (nSPS) is 11.1. The molecule has 0 atom stereocenters. The van der Waals surface area contributed by atoms with Crippen LogP contribution in [0.2, 0.25) is 0 Å². The van der Waals surface area contributed by atoms with Gasteiger partial charge >= 0.3 is 165 Å². The number of para-hydroxylation sites is 2. The van der Waals surface area contributed by atoms with E-state index in [1.165, 1.54) is 21.2 Å². The number of hydrogen-bond donors (Lipinski definition) is 0. The quantitative estimate of drug-likeness (QED) is 0.142. The average molecular weight is 510 g/mol. The summed E-state index contributed by atoms with van der Waals surface area (Å²) in [6.45, 7) is 0.